The fourth-order valence-corrected chi connectivity index (χ4v) is 5.27. The number of aromatic nitrogens is 1. The number of allylic oxidation sites excluding steroid dienone is 1. The van der Waals surface area contributed by atoms with Gasteiger partial charge in [-0.15, -0.1) is 0 Å². The van der Waals surface area contributed by atoms with Crippen molar-refractivity contribution >= 4 is 35.0 Å². The summed E-state index contributed by atoms with van der Waals surface area (Å²) in [4.78, 5) is 54.5. The van der Waals surface area contributed by atoms with Crippen molar-refractivity contribution in [3.63, 3.8) is 0 Å². The fourth-order valence-electron chi connectivity index (χ4n) is 4.22. The summed E-state index contributed by atoms with van der Waals surface area (Å²) in [5.74, 6) is -1.06. The van der Waals surface area contributed by atoms with E-state index in [-0.39, 0.29) is 29.4 Å². The molecule has 0 unspecified atom stereocenters. The van der Waals surface area contributed by atoms with Gasteiger partial charge in [-0.3, -0.25) is 19.5 Å². The van der Waals surface area contributed by atoms with Gasteiger partial charge in [0.05, 0.1) is 33.0 Å². The maximum atomic E-state index is 13.7. The number of carbonyl (C=O) groups is 2. The van der Waals surface area contributed by atoms with E-state index in [1.54, 1.807) is 55.5 Å². The van der Waals surface area contributed by atoms with Crippen LogP contribution in [0.5, 0.6) is 5.75 Å². The van der Waals surface area contributed by atoms with E-state index < -0.39 is 28.5 Å². The number of carbonyl (C=O) groups excluding carboxylic acids is 2. The van der Waals surface area contributed by atoms with Crippen LogP contribution in [0.4, 0.5) is 5.69 Å². The highest BCUT2D eigenvalue weighted by Gasteiger charge is 2.33. The van der Waals surface area contributed by atoms with E-state index in [2.05, 4.69) is 11.6 Å². The van der Waals surface area contributed by atoms with E-state index in [1.165, 1.54) is 35.1 Å². The number of ether oxygens (including phenoxy) is 2. The highest BCUT2D eigenvalue weighted by atomic mass is 32.1. The number of esters is 2. The Kier molecular flexibility index (Phi) is 7.57. The van der Waals surface area contributed by atoms with E-state index in [4.69, 9.17) is 13.9 Å². The standard InChI is InChI=1S/C29H21N3O8S/c1-3-14-39-28(35)24-17(2)30-29-31(26(33)23(41-29)16-18-6-10-20(11-7-18)32(36)37)25(24)19-8-12-21(13-9-19)40-27(34)22-5-4-15-38-22/h3-13,15-16,25H,1,14H2,2H3/b23-16-/t25-/m1/s1. The molecular weight excluding hydrogens is 550 g/mol. The SMILES string of the molecule is C=CCOC(=O)C1=C(C)N=c2s/c(=C\c3ccc([N+](=O)[O-])cc3)c(=O)n2[C@@H]1c1ccc(OC(=O)c2ccco2)cc1. The number of hydrogen-bond acceptors (Lipinski definition) is 10. The zero-order valence-electron chi connectivity index (χ0n) is 21.5. The molecule has 11 nitrogen and oxygen atoms in total. The van der Waals surface area contributed by atoms with Crippen LogP contribution in [0.3, 0.4) is 0 Å². The monoisotopic (exact) mass is 571 g/mol. The molecule has 5 rings (SSSR count). The van der Waals surface area contributed by atoms with Gasteiger partial charge in [-0.1, -0.05) is 36.1 Å². The minimum atomic E-state index is -0.891. The van der Waals surface area contributed by atoms with Crippen LogP contribution in [0.2, 0.25) is 0 Å². The molecule has 0 spiro atoms. The Hall–Kier alpha value is -5.36. The lowest BCUT2D eigenvalue weighted by atomic mass is 9.96. The summed E-state index contributed by atoms with van der Waals surface area (Å²) < 4.78 is 17.5. The fraction of sp³-hybridized carbons (Fsp3) is 0.103. The lowest BCUT2D eigenvalue weighted by Gasteiger charge is -2.24. The summed E-state index contributed by atoms with van der Waals surface area (Å²) >= 11 is 1.12. The van der Waals surface area contributed by atoms with E-state index in [9.17, 15) is 24.5 Å². The Morgan fingerprint density at radius 3 is 2.51 bits per heavy atom. The molecule has 2 aromatic heterocycles. The molecule has 0 saturated heterocycles. The number of nitro benzene ring substituents is 1. The van der Waals surface area contributed by atoms with Gasteiger partial charge in [-0.2, -0.15) is 0 Å². The first-order valence-electron chi connectivity index (χ1n) is 12.2. The van der Waals surface area contributed by atoms with E-state index in [0.29, 0.717) is 26.2 Å². The van der Waals surface area contributed by atoms with Crippen LogP contribution in [0.15, 0.2) is 105 Å². The van der Waals surface area contributed by atoms with Crippen molar-refractivity contribution in [2.45, 2.75) is 13.0 Å². The van der Waals surface area contributed by atoms with Crippen LogP contribution < -0.4 is 19.6 Å². The molecular formula is C29H21N3O8S. The molecule has 0 amide bonds. The summed E-state index contributed by atoms with van der Waals surface area (Å²) in [6.07, 6.45) is 4.40. The second kappa shape index (κ2) is 11.4. The highest BCUT2D eigenvalue weighted by molar-refractivity contribution is 7.07. The minimum Gasteiger partial charge on any atom is -0.458 e. The number of benzene rings is 2. The quantitative estimate of drug-likeness (QED) is 0.102. The van der Waals surface area contributed by atoms with Gasteiger partial charge in [0.1, 0.15) is 12.4 Å². The van der Waals surface area contributed by atoms with Crippen molar-refractivity contribution in [3.8, 4) is 5.75 Å². The van der Waals surface area contributed by atoms with Crippen molar-refractivity contribution in [1.82, 2.24) is 4.57 Å². The maximum Gasteiger partial charge on any atom is 0.379 e. The number of hydrogen-bond donors (Lipinski definition) is 0. The van der Waals surface area contributed by atoms with Gasteiger partial charge in [0, 0.05) is 12.1 Å². The molecule has 0 N–H and O–H groups in total. The number of furan rings is 1. The van der Waals surface area contributed by atoms with E-state index in [0.717, 1.165) is 11.3 Å². The Morgan fingerprint density at radius 2 is 1.88 bits per heavy atom. The van der Waals surface area contributed by atoms with Crippen molar-refractivity contribution in [2.75, 3.05) is 6.61 Å². The molecule has 1 aliphatic rings. The van der Waals surface area contributed by atoms with Crippen molar-refractivity contribution in [2.24, 2.45) is 4.99 Å². The normalized spacial score (nSPS) is 14.7. The predicted molar refractivity (Wildman–Crippen MR) is 148 cm³/mol. The molecule has 12 heteroatoms. The summed E-state index contributed by atoms with van der Waals surface area (Å²) in [6.45, 7) is 5.20. The topological polar surface area (TPSA) is 143 Å². The summed E-state index contributed by atoms with van der Waals surface area (Å²) in [6, 6.07) is 14.3. The van der Waals surface area contributed by atoms with Crippen LogP contribution in [0.25, 0.3) is 6.08 Å². The molecule has 0 fully saturated rings. The van der Waals surface area contributed by atoms with Crippen molar-refractivity contribution in [3.05, 3.63) is 138 Å². The molecule has 0 radical (unpaired) electrons. The smallest absolute Gasteiger partial charge is 0.379 e. The predicted octanol–water partition coefficient (Wildman–Crippen LogP) is 3.68. The molecule has 0 saturated carbocycles. The Balaban J connectivity index is 1.57. The van der Waals surface area contributed by atoms with Crippen LogP contribution in [0.1, 0.15) is 34.6 Å². The molecule has 3 heterocycles. The lowest BCUT2D eigenvalue weighted by Crippen LogP contribution is -2.39. The average molecular weight is 572 g/mol. The average Bonchev–Trinajstić information content (AvgIpc) is 3.60. The summed E-state index contributed by atoms with van der Waals surface area (Å²) in [5, 5.41) is 11.0. The third-order valence-electron chi connectivity index (χ3n) is 6.10. The molecule has 0 bridgehead atoms. The van der Waals surface area contributed by atoms with Crippen LogP contribution in [0, 0.1) is 10.1 Å². The second-order valence-corrected chi connectivity index (χ2v) is 9.76. The van der Waals surface area contributed by atoms with E-state index >= 15 is 0 Å². The van der Waals surface area contributed by atoms with Gasteiger partial charge in [0.15, 0.2) is 4.80 Å². The minimum absolute atomic E-state index is 0.0332. The first-order valence-corrected chi connectivity index (χ1v) is 13.0. The maximum absolute atomic E-state index is 13.7. The second-order valence-electron chi connectivity index (χ2n) is 8.75. The third kappa shape index (κ3) is 5.54. The number of nitro groups is 1. The molecule has 2 aromatic carbocycles. The number of thiazole rings is 1. The Labute approximate surface area is 235 Å². The zero-order valence-corrected chi connectivity index (χ0v) is 22.3. The third-order valence-corrected chi connectivity index (χ3v) is 7.09. The first-order chi connectivity index (χ1) is 19.8. The zero-order chi connectivity index (χ0) is 29.1. The van der Waals surface area contributed by atoms with Gasteiger partial charge in [0.25, 0.3) is 11.2 Å². The van der Waals surface area contributed by atoms with Gasteiger partial charge >= 0.3 is 11.9 Å². The van der Waals surface area contributed by atoms with Gasteiger partial charge in [-0.25, -0.2) is 14.6 Å². The lowest BCUT2D eigenvalue weighted by molar-refractivity contribution is -0.384. The number of rotatable bonds is 8. The number of nitrogens with zero attached hydrogens (tertiary/aromatic N) is 3. The summed E-state index contributed by atoms with van der Waals surface area (Å²) in [5.41, 5.74) is 1.20. The molecule has 1 atom stereocenters. The molecule has 206 valence electrons. The van der Waals surface area contributed by atoms with Crippen LogP contribution in [-0.4, -0.2) is 28.0 Å². The van der Waals surface area contributed by atoms with Crippen LogP contribution in [-0.2, 0) is 9.53 Å². The number of non-ortho nitro benzene ring substituents is 1. The molecule has 1 aliphatic heterocycles. The molecule has 4 aromatic rings. The van der Waals surface area contributed by atoms with Gasteiger partial charge in [0.2, 0.25) is 5.76 Å². The van der Waals surface area contributed by atoms with E-state index in [1.807, 2.05) is 0 Å². The van der Waals surface area contributed by atoms with Crippen molar-refractivity contribution < 1.29 is 28.4 Å². The largest absolute Gasteiger partial charge is 0.458 e. The Bertz CT molecular complexity index is 1870. The first kappa shape index (κ1) is 27.2. The Morgan fingerprint density at radius 1 is 1.15 bits per heavy atom. The van der Waals surface area contributed by atoms with Gasteiger partial charge in [-0.05, 0) is 60.5 Å². The summed E-state index contributed by atoms with van der Waals surface area (Å²) in [7, 11) is 0. The molecule has 41 heavy (non-hydrogen) atoms. The highest BCUT2D eigenvalue weighted by Crippen LogP contribution is 2.32. The van der Waals surface area contributed by atoms with Crippen molar-refractivity contribution in [1.29, 1.82) is 0 Å². The number of fused-ring (bicyclic) bond motifs is 1. The van der Waals surface area contributed by atoms with Gasteiger partial charge < -0.3 is 13.9 Å². The molecule has 0 aliphatic carbocycles. The van der Waals surface area contributed by atoms with Crippen LogP contribution >= 0.6 is 11.3 Å².